The van der Waals surface area contributed by atoms with Crippen molar-refractivity contribution in [3.05, 3.63) is 90.6 Å². The first-order valence-electron chi connectivity index (χ1n) is 8.79. The summed E-state index contributed by atoms with van der Waals surface area (Å²) in [4.78, 5) is 13.0. The van der Waals surface area contributed by atoms with Gasteiger partial charge in [-0.2, -0.15) is 0 Å². The van der Waals surface area contributed by atoms with Crippen molar-refractivity contribution in [1.82, 2.24) is 15.0 Å². The molecule has 0 unspecified atom stereocenters. The van der Waals surface area contributed by atoms with Gasteiger partial charge in [-0.15, -0.1) is 5.10 Å². The fraction of sp³-hybridized carbons (Fsp3) is 0.0455. The van der Waals surface area contributed by atoms with Crippen LogP contribution in [-0.4, -0.2) is 28.0 Å². The molecule has 28 heavy (non-hydrogen) atoms. The lowest BCUT2D eigenvalue weighted by Crippen LogP contribution is -2.14. The highest BCUT2D eigenvalue weighted by atomic mass is 16.5. The van der Waals surface area contributed by atoms with Crippen LogP contribution in [0.5, 0.6) is 5.75 Å². The van der Waals surface area contributed by atoms with Gasteiger partial charge in [-0.3, -0.25) is 4.79 Å². The van der Waals surface area contributed by atoms with Crippen molar-refractivity contribution in [2.24, 2.45) is 0 Å². The highest BCUT2D eigenvalue weighted by molar-refractivity contribution is 6.07. The van der Waals surface area contributed by atoms with Gasteiger partial charge >= 0.3 is 0 Å². The van der Waals surface area contributed by atoms with E-state index in [-0.39, 0.29) is 11.6 Å². The van der Waals surface area contributed by atoms with Gasteiger partial charge in [0.05, 0.1) is 18.5 Å². The minimum absolute atomic E-state index is 0.237. The predicted molar refractivity (Wildman–Crippen MR) is 108 cm³/mol. The summed E-state index contributed by atoms with van der Waals surface area (Å²) in [5.41, 5.74) is 3.11. The first kappa shape index (κ1) is 17.5. The number of benzene rings is 3. The highest BCUT2D eigenvalue weighted by Gasteiger charge is 2.22. The molecule has 4 rings (SSSR count). The number of hydrogen-bond acceptors (Lipinski definition) is 4. The van der Waals surface area contributed by atoms with E-state index in [2.05, 4.69) is 15.6 Å². The van der Waals surface area contributed by atoms with Crippen molar-refractivity contribution in [3.63, 3.8) is 0 Å². The Morgan fingerprint density at radius 2 is 1.54 bits per heavy atom. The minimum atomic E-state index is -0.356. The van der Waals surface area contributed by atoms with Crippen LogP contribution in [0.1, 0.15) is 10.5 Å². The maximum Gasteiger partial charge on any atom is 0.278 e. The Hall–Kier alpha value is -3.93. The van der Waals surface area contributed by atoms with Crippen molar-refractivity contribution in [1.29, 1.82) is 0 Å². The average Bonchev–Trinajstić information content (AvgIpc) is 3.21. The fourth-order valence-corrected chi connectivity index (χ4v) is 2.97. The molecule has 0 fully saturated rings. The molecule has 6 nitrogen and oxygen atoms in total. The predicted octanol–water partition coefficient (Wildman–Crippen LogP) is 4.20. The third-order valence-corrected chi connectivity index (χ3v) is 4.29. The zero-order valence-corrected chi connectivity index (χ0v) is 15.2. The molecule has 138 valence electrons. The Kier molecular flexibility index (Phi) is 4.84. The van der Waals surface area contributed by atoms with Crippen LogP contribution >= 0.6 is 0 Å². The van der Waals surface area contributed by atoms with Gasteiger partial charge in [0, 0.05) is 5.56 Å². The average molecular weight is 370 g/mol. The Morgan fingerprint density at radius 1 is 0.893 bits per heavy atom. The molecule has 4 aromatic rings. The second-order valence-corrected chi connectivity index (χ2v) is 6.05. The van der Waals surface area contributed by atoms with E-state index in [1.807, 2.05) is 72.8 Å². The first-order valence-corrected chi connectivity index (χ1v) is 8.79. The summed E-state index contributed by atoms with van der Waals surface area (Å²) in [6.07, 6.45) is 0. The number of nitrogens with one attached hydrogen (secondary N) is 1. The number of carbonyl (C=O) groups is 1. The van der Waals surface area contributed by atoms with Crippen LogP contribution in [0.3, 0.4) is 0 Å². The van der Waals surface area contributed by atoms with Crippen molar-refractivity contribution in [2.75, 3.05) is 12.4 Å². The summed E-state index contributed by atoms with van der Waals surface area (Å²) >= 11 is 0. The molecule has 0 bridgehead atoms. The summed E-state index contributed by atoms with van der Waals surface area (Å²) in [6, 6.07) is 26.5. The molecule has 0 aliphatic carbocycles. The second kappa shape index (κ2) is 7.75. The molecule has 0 spiro atoms. The zero-order valence-electron chi connectivity index (χ0n) is 15.2. The highest BCUT2D eigenvalue weighted by Crippen LogP contribution is 2.28. The van der Waals surface area contributed by atoms with Crippen molar-refractivity contribution >= 4 is 11.6 Å². The van der Waals surface area contributed by atoms with E-state index in [0.717, 1.165) is 11.3 Å². The van der Waals surface area contributed by atoms with Gasteiger partial charge in [-0.1, -0.05) is 65.9 Å². The van der Waals surface area contributed by atoms with Gasteiger partial charge in [-0.25, -0.2) is 4.68 Å². The maximum atomic E-state index is 13.0. The molecule has 1 N–H and O–H groups in total. The van der Waals surface area contributed by atoms with Gasteiger partial charge < -0.3 is 10.1 Å². The van der Waals surface area contributed by atoms with Crippen LogP contribution in [-0.2, 0) is 0 Å². The lowest BCUT2D eigenvalue weighted by molar-refractivity contribution is 0.102. The van der Waals surface area contributed by atoms with E-state index in [0.29, 0.717) is 17.1 Å². The number of nitrogens with zero attached hydrogens (tertiary/aromatic N) is 3. The lowest BCUT2D eigenvalue weighted by Gasteiger charge is -2.11. The molecule has 1 aromatic heterocycles. The molecule has 1 heterocycles. The Labute approximate surface area is 162 Å². The van der Waals surface area contributed by atoms with Gasteiger partial charge in [-0.05, 0) is 24.3 Å². The van der Waals surface area contributed by atoms with Crippen LogP contribution in [0.25, 0.3) is 16.9 Å². The number of amides is 1. The summed E-state index contributed by atoms with van der Waals surface area (Å²) in [5, 5.41) is 11.3. The molecule has 0 saturated heterocycles. The minimum Gasteiger partial charge on any atom is -0.495 e. The van der Waals surface area contributed by atoms with Crippen LogP contribution in [0.4, 0.5) is 5.69 Å². The van der Waals surface area contributed by atoms with Crippen LogP contribution in [0.2, 0.25) is 0 Å². The molecule has 0 saturated carbocycles. The molecule has 0 atom stereocenters. The van der Waals surface area contributed by atoms with Crippen LogP contribution in [0.15, 0.2) is 84.9 Å². The first-order chi connectivity index (χ1) is 13.8. The van der Waals surface area contributed by atoms with E-state index in [1.165, 1.54) is 0 Å². The number of carbonyl (C=O) groups excluding carboxylic acids is 1. The number of para-hydroxylation sites is 3. The number of aromatic nitrogens is 3. The lowest BCUT2D eigenvalue weighted by atomic mass is 10.1. The normalized spacial score (nSPS) is 10.5. The summed E-state index contributed by atoms with van der Waals surface area (Å²) in [6.45, 7) is 0. The van der Waals surface area contributed by atoms with E-state index in [9.17, 15) is 4.79 Å². The zero-order chi connectivity index (χ0) is 19.3. The largest absolute Gasteiger partial charge is 0.495 e. The van der Waals surface area contributed by atoms with Gasteiger partial charge in [0.25, 0.3) is 5.91 Å². The molecule has 6 heteroatoms. The number of methoxy groups -OCH3 is 1. The summed E-state index contributed by atoms with van der Waals surface area (Å²) in [7, 11) is 1.56. The van der Waals surface area contributed by atoms with Gasteiger partial charge in [0.2, 0.25) is 0 Å². The molecule has 0 radical (unpaired) electrons. The number of anilines is 1. The Morgan fingerprint density at radius 3 is 2.25 bits per heavy atom. The van der Waals surface area contributed by atoms with E-state index in [4.69, 9.17) is 4.74 Å². The topological polar surface area (TPSA) is 69.0 Å². The van der Waals surface area contributed by atoms with E-state index in [1.54, 1.807) is 23.9 Å². The summed E-state index contributed by atoms with van der Waals surface area (Å²) < 4.78 is 6.99. The number of hydrogen-bond donors (Lipinski definition) is 1. The van der Waals surface area contributed by atoms with Crippen LogP contribution < -0.4 is 10.1 Å². The van der Waals surface area contributed by atoms with Crippen molar-refractivity contribution in [2.45, 2.75) is 0 Å². The fourth-order valence-electron chi connectivity index (χ4n) is 2.97. The molecular formula is C22H18N4O2. The third-order valence-electron chi connectivity index (χ3n) is 4.29. The third kappa shape index (κ3) is 3.35. The SMILES string of the molecule is COc1ccccc1NC(=O)c1nnn(-c2ccccc2)c1-c1ccccc1. The monoisotopic (exact) mass is 370 g/mol. The summed E-state index contributed by atoms with van der Waals surface area (Å²) in [5.74, 6) is 0.220. The van der Waals surface area contributed by atoms with Gasteiger partial charge in [0.15, 0.2) is 5.69 Å². The maximum absolute atomic E-state index is 13.0. The smallest absolute Gasteiger partial charge is 0.278 e. The molecule has 3 aromatic carbocycles. The number of rotatable bonds is 5. The van der Waals surface area contributed by atoms with Crippen LogP contribution in [0, 0.1) is 0 Å². The molecule has 0 aliphatic heterocycles. The quantitative estimate of drug-likeness (QED) is 0.572. The molecule has 0 aliphatic rings. The second-order valence-electron chi connectivity index (χ2n) is 6.05. The molecule has 1 amide bonds. The van der Waals surface area contributed by atoms with Crippen molar-refractivity contribution < 1.29 is 9.53 Å². The Balaban J connectivity index is 1.79. The van der Waals surface area contributed by atoms with E-state index < -0.39 is 0 Å². The van der Waals surface area contributed by atoms with Gasteiger partial charge in [0.1, 0.15) is 11.4 Å². The number of ether oxygens (including phenoxy) is 1. The Bertz CT molecular complexity index is 1090. The van der Waals surface area contributed by atoms with E-state index >= 15 is 0 Å². The van der Waals surface area contributed by atoms with Crippen molar-refractivity contribution in [3.8, 4) is 22.7 Å². The molecular weight excluding hydrogens is 352 g/mol. The standard InChI is InChI=1S/C22H18N4O2/c1-28-19-15-9-8-14-18(19)23-22(27)20-21(16-10-4-2-5-11-16)26(25-24-20)17-12-6-3-7-13-17/h2-15H,1H3,(H,23,27).